The Morgan fingerprint density at radius 2 is 1.65 bits per heavy atom. The van der Waals surface area contributed by atoms with Gasteiger partial charge in [-0.1, -0.05) is 30.3 Å². The van der Waals surface area contributed by atoms with Gasteiger partial charge in [0.05, 0.1) is 51.6 Å². The fourth-order valence-corrected chi connectivity index (χ4v) is 4.85. The third-order valence-electron chi connectivity index (χ3n) is 5.40. The molecule has 2 saturated heterocycles. The summed E-state index contributed by atoms with van der Waals surface area (Å²) in [4.78, 5) is 3.30. The number of sulfonamides is 1. The SMILES string of the molecule is CS(=O)(=O)N1CC[NH+](C2CC[NH+](Cc3ccccc3)CC2)CC1. The minimum Gasteiger partial charge on any atom is -0.331 e. The highest BCUT2D eigenvalue weighted by Crippen LogP contribution is 2.02. The lowest BCUT2D eigenvalue weighted by molar-refractivity contribution is -0.965. The molecule has 23 heavy (non-hydrogen) atoms. The Balaban J connectivity index is 1.45. The van der Waals surface area contributed by atoms with E-state index in [1.54, 1.807) is 14.1 Å². The summed E-state index contributed by atoms with van der Waals surface area (Å²) in [7, 11) is -3.01. The minimum absolute atomic E-state index is 0.686. The summed E-state index contributed by atoms with van der Waals surface area (Å²) in [6.07, 6.45) is 3.84. The van der Waals surface area contributed by atoms with E-state index < -0.39 is 10.0 Å². The van der Waals surface area contributed by atoms with Crippen molar-refractivity contribution < 1.29 is 18.2 Å². The van der Waals surface area contributed by atoms with Crippen LogP contribution in [0.5, 0.6) is 0 Å². The van der Waals surface area contributed by atoms with Gasteiger partial charge in [0.2, 0.25) is 10.0 Å². The van der Waals surface area contributed by atoms with Crippen LogP contribution in [0.4, 0.5) is 0 Å². The van der Waals surface area contributed by atoms with Gasteiger partial charge in [-0.25, -0.2) is 8.42 Å². The highest BCUT2D eigenvalue weighted by Gasteiger charge is 2.34. The average Bonchev–Trinajstić information content (AvgIpc) is 2.56. The summed E-state index contributed by atoms with van der Waals surface area (Å²) < 4.78 is 24.8. The van der Waals surface area contributed by atoms with Crippen LogP contribution >= 0.6 is 0 Å². The molecule has 128 valence electrons. The third kappa shape index (κ3) is 4.53. The van der Waals surface area contributed by atoms with Crippen LogP contribution in [-0.4, -0.2) is 64.3 Å². The van der Waals surface area contributed by atoms with E-state index in [1.165, 1.54) is 37.8 Å². The standard InChI is InChI=1S/C17H27N3O2S/c1-23(21,22)20-13-11-19(12-14-20)17-7-9-18(10-8-17)15-16-5-3-2-4-6-16/h2-6,17H,7-15H2,1H3/p+2. The summed E-state index contributed by atoms with van der Waals surface area (Å²) in [5, 5.41) is 0. The second kappa shape index (κ2) is 7.30. The number of benzene rings is 1. The number of nitrogens with zero attached hydrogens (tertiary/aromatic N) is 1. The second-order valence-corrected chi connectivity index (χ2v) is 8.99. The number of quaternary nitrogens is 2. The van der Waals surface area contributed by atoms with Crippen molar-refractivity contribution in [2.24, 2.45) is 0 Å². The van der Waals surface area contributed by atoms with Gasteiger partial charge < -0.3 is 9.80 Å². The lowest BCUT2D eigenvalue weighted by Gasteiger charge is -2.38. The molecule has 0 amide bonds. The zero-order valence-corrected chi connectivity index (χ0v) is 14.8. The highest BCUT2D eigenvalue weighted by atomic mass is 32.2. The maximum Gasteiger partial charge on any atom is 0.211 e. The molecule has 1 aromatic rings. The number of hydrogen-bond donors (Lipinski definition) is 2. The van der Waals surface area contributed by atoms with E-state index in [4.69, 9.17) is 0 Å². The number of piperidine rings is 1. The summed E-state index contributed by atoms with van der Waals surface area (Å²) in [5.74, 6) is 0. The summed E-state index contributed by atoms with van der Waals surface area (Å²) in [5.41, 5.74) is 1.43. The number of likely N-dealkylation sites (tertiary alicyclic amines) is 1. The molecular formula is C17H29N3O2S+2. The van der Waals surface area contributed by atoms with Crippen molar-refractivity contribution in [3.8, 4) is 0 Å². The molecule has 2 heterocycles. The van der Waals surface area contributed by atoms with Crippen molar-refractivity contribution in [2.75, 3.05) is 45.5 Å². The molecule has 0 bridgehead atoms. The Labute approximate surface area is 139 Å². The molecule has 2 fully saturated rings. The number of hydrogen-bond acceptors (Lipinski definition) is 2. The zero-order valence-electron chi connectivity index (χ0n) is 14.0. The van der Waals surface area contributed by atoms with Gasteiger partial charge in [0.15, 0.2) is 0 Å². The number of nitrogens with one attached hydrogen (secondary N) is 2. The largest absolute Gasteiger partial charge is 0.331 e. The van der Waals surface area contributed by atoms with Crippen LogP contribution < -0.4 is 9.80 Å². The van der Waals surface area contributed by atoms with Crippen molar-refractivity contribution >= 4 is 10.0 Å². The van der Waals surface area contributed by atoms with E-state index in [0.717, 1.165) is 25.7 Å². The van der Waals surface area contributed by atoms with Crippen molar-refractivity contribution in [2.45, 2.75) is 25.4 Å². The molecule has 2 aliphatic rings. The monoisotopic (exact) mass is 339 g/mol. The topological polar surface area (TPSA) is 46.3 Å². The Hall–Kier alpha value is -0.950. The maximum absolute atomic E-state index is 11.6. The number of piperazine rings is 1. The molecule has 6 heteroatoms. The fourth-order valence-electron chi connectivity index (χ4n) is 4.01. The Morgan fingerprint density at radius 3 is 2.22 bits per heavy atom. The van der Waals surface area contributed by atoms with E-state index in [2.05, 4.69) is 30.3 Å². The molecule has 1 aromatic carbocycles. The zero-order chi connectivity index (χ0) is 16.3. The Kier molecular flexibility index (Phi) is 5.36. The molecule has 0 radical (unpaired) electrons. The van der Waals surface area contributed by atoms with E-state index in [1.807, 2.05) is 0 Å². The van der Waals surface area contributed by atoms with E-state index in [-0.39, 0.29) is 0 Å². The molecule has 0 atom stereocenters. The summed E-state index contributed by atoms with van der Waals surface area (Å²) in [6, 6.07) is 11.5. The lowest BCUT2D eigenvalue weighted by atomic mass is 10.0. The van der Waals surface area contributed by atoms with Gasteiger partial charge in [-0.2, -0.15) is 4.31 Å². The van der Waals surface area contributed by atoms with Crippen LogP contribution in [0.25, 0.3) is 0 Å². The first-order valence-electron chi connectivity index (χ1n) is 8.69. The van der Waals surface area contributed by atoms with Gasteiger partial charge in [-0.15, -0.1) is 0 Å². The maximum atomic E-state index is 11.6. The quantitative estimate of drug-likeness (QED) is 0.694. The molecule has 0 aromatic heterocycles. The molecule has 2 N–H and O–H groups in total. The van der Waals surface area contributed by atoms with Gasteiger partial charge >= 0.3 is 0 Å². The molecule has 3 rings (SSSR count). The minimum atomic E-state index is -3.01. The second-order valence-electron chi connectivity index (χ2n) is 7.01. The first-order chi connectivity index (χ1) is 11.0. The van der Waals surface area contributed by atoms with E-state index in [0.29, 0.717) is 13.1 Å². The molecular weight excluding hydrogens is 310 g/mol. The predicted molar refractivity (Wildman–Crippen MR) is 91.0 cm³/mol. The fraction of sp³-hybridized carbons (Fsp3) is 0.647. The Morgan fingerprint density at radius 1 is 1.04 bits per heavy atom. The lowest BCUT2D eigenvalue weighted by Crippen LogP contribution is -3.21. The third-order valence-corrected chi connectivity index (χ3v) is 6.70. The number of rotatable bonds is 4. The highest BCUT2D eigenvalue weighted by molar-refractivity contribution is 7.88. The van der Waals surface area contributed by atoms with Crippen LogP contribution in [-0.2, 0) is 16.6 Å². The van der Waals surface area contributed by atoms with Gasteiger partial charge in [-0.3, -0.25) is 0 Å². The van der Waals surface area contributed by atoms with Crippen LogP contribution in [0.2, 0.25) is 0 Å². The van der Waals surface area contributed by atoms with E-state index in [9.17, 15) is 8.42 Å². The first kappa shape index (κ1) is 16.9. The molecule has 0 saturated carbocycles. The van der Waals surface area contributed by atoms with Crippen molar-refractivity contribution in [1.29, 1.82) is 0 Å². The summed E-state index contributed by atoms with van der Waals surface area (Å²) >= 11 is 0. The van der Waals surface area contributed by atoms with E-state index >= 15 is 0 Å². The average molecular weight is 340 g/mol. The Bertz CT molecular complexity index is 590. The van der Waals surface area contributed by atoms with Crippen molar-refractivity contribution in [3.05, 3.63) is 35.9 Å². The van der Waals surface area contributed by atoms with Gasteiger partial charge in [0.1, 0.15) is 6.54 Å². The molecule has 0 spiro atoms. The smallest absolute Gasteiger partial charge is 0.211 e. The van der Waals surface area contributed by atoms with Gasteiger partial charge in [-0.05, 0) is 0 Å². The molecule has 0 unspecified atom stereocenters. The molecule has 5 nitrogen and oxygen atoms in total. The van der Waals surface area contributed by atoms with Crippen molar-refractivity contribution in [1.82, 2.24) is 4.31 Å². The normalized spacial score (nSPS) is 27.9. The van der Waals surface area contributed by atoms with Crippen LogP contribution in [0, 0.1) is 0 Å². The molecule has 2 aliphatic heterocycles. The molecule has 0 aliphatic carbocycles. The predicted octanol–water partition coefficient (Wildman–Crippen LogP) is -1.61. The van der Waals surface area contributed by atoms with Gasteiger partial charge in [0, 0.05) is 18.4 Å². The van der Waals surface area contributed by atoms with Crippen LogP contribution in [0.3, 0.4) is 0 Å². The first-order valence-corrected chi connectivity index (χ1v) is 10.5. The van der Waals surface area contributed by atoms with Crippen LogP contribution in [0.15, 0.2) is 30.3 Å². The van der Waals surface area contributed by atoms with Crippen molar-refractivity contribution in [3.63, 3.8) is 0 Å². The van der Waals surface area contributed by atoms with Gasteiger partial charge in [0.25, 0.3) is 0 Å². The van der Waals surface area contributed by atoms with Crippen LogP contribution in [0.1, 0.15) is 18.4 Å². The summed E-state index contributed by atoms with van der Waals surface area (Å²) in [6.45, 7) is 6.90.